The fourth-order valence-electron chi connectivity index (χ4n) is 3.44. The van der Waals surface area contributed by atoms with Crippen molar-refractivity contribution in [3.8, 4) is 0 Å². The molecule has 0 spiro atoms. The first-order valence-electron chi connectivity index (χ1n) is 9.08. The Kier molecular flexibility index (Phi) is 4.90. The molecule has 1 atom stereocenters. The summed E-state index contributed by atoms with van der Waals surface area (Å²) in [6, 6.07) is 15.8. The summed E-state index contributed by atoms with van der Waals surface area (Å²) in [6.45, 7) is 3.10. The van der Waals surface area contributed by atoms with Gasteiger partial charge in [0.25, 0.3) is 0 Å². The smallest absolute Gasteiger partial charge is 0.229 e. The van der Waals surface area contributed by atoms with Crippen LogP contribution in [0.2, 0.25) is 0 Å². The Bertz CT molecular complexity index is 984. The van der Waals surface area contributed by atoms with Crippen LogP contribution in [0.15, 0.2) is 48.5 Å². The van der Waals surface area contributed by atoms with E-state index in [0.717, 1.165) is 27.3 Å². The zero-order valence-electron chi connectivity index (χ0n) is 15.1. The molecule has 0 radical (unpaired) electrons. The van der Waals surface area contributed by atoms with E-state index in [-0.39, 0.29) is 24.2 Å². The summed E-state index contributed by atoms with van der Waals surface area (Å²) in [7, 11) is 0. The van der Waals surface area contributed by atoms with E-state index in [2.05, 4.69) is 22.4 Å². The molecule has 1 aromatic heterocycles. The van der Waals surface area contributed by atoms with Crippen LogP contribution in [0.5, 0.6) is 0 Å². The average molecular weight is 379 g/mol. The van der Waals surface area contributed by atoms with Crippen LogP contribution in [0.4, 0.5) is 5.69 Å². The van der Waals surface area contributed by atoms with Gasteiger partial charge in [-0.15, -0.1) is 11.3 Å². The maximum absolute atomic E-state index is 12.6. The summed E-state index contributed by atoms with van der Waals surface area (Å²) in [5, 5.41) is 3.95. The molecule has 1 unspecified atom stereocenters. The van der Waals surface area contributed by atoms with E-state index in [1.54, 1.807) is 16.2 Å². The first kappa shape index (κ1) is 17.7. The number of likely N-dealkylation sites (tertiary alicyclic amines) is 1. The van der Waals surface area contributed by atoms with E-state index in [0.29, 0.717) is 13.1 Å². The number of carbonyl (C=O) groups is 2. The van der Waals surface area contributed by atoms with Crippen molar-refractivity contribution in [1.82, 2.24) is 9.88 Å². The van der Waals surface area contributed by atoms with E-state index in [4.69, 9.17) is 0 Å². The summed E-state index contributed by atoms with van der Waals surface area (Å²) in [6.07, 6.45) is 1.08. The molecule has 0 saturated carbocycles. The molecule has 2 aromatic carbocycles. The molecule has 0 bridgehead atoms. The number of aromatic nitrogens is 1. The van der Waals surface area contributed by atoms with Gasteiger partial charge in [-0.25, -0.2) is 4.98 Å². The highest BCUT2D eigenvalue weighted by Crippen LogP contribution is 2.26. The first-order valence-corrected chi connectivity index (χ1v) is 9.90. The molecule has 1 aliphatic rings. The molecular formula is C21H21N3O2S. The van der Waals surface area contributed by atoms with E-state index in [1.807, 2.05) is 43.3 Å². The second kappa shape index (κ2) is 7.48. The van der Waals surface area contributed by atoms with Gasteiger partial charge >= 0.3 is 0 Å². The molecule has 138 valence electrons. The predicted octanol–water partition coefficient (Wildman–Crippen LogP) is 3.63. The van der Waals surface area contributed by atoms with Gasteiger partial charge in [0.2, 0.25) is 11.8 Å². The highest BCUT2D eigenvalue weighted by atomic mass is 32.1. The van der Waals surface area contributed by atoms with Crippen LogP contribution in [0.1, 0.15) is 17.0 Å². The topological polar surface area (TPSA) is 62.3 Å². The normalized spacial score (nSPS) is 16.9. The quantitative estimate of drug-likeness (QED) is 0.736. The number of nitrogens with one attached hydrogen (secondary N) is 1. The molecule has 1 fully saturated rings. The molecule has 2 amide bonds. The van der Waals surface area contributed by atoms with E-state index in [9.17, 15) is 9.59 Å². The number of hydrogen-bond donors (Lipinski definition) is 1. The van der Waals surface area contributed by atoms with E-state index < -0.39 is 0 Å². The molecule has 4 rings (SSSR count). The summed E-state index contributed by atoms with van der Waals surface area (Å²) >= 11 is 1.63. The molecule has 1 aliphatic heterocycles. The Morgan fingerprint density at radius 1 is 1.26 bits per heavy atom. The van der Waals surface area contributed by atoms with Gasteiger partial charge in [-0.3, -0.25) is 9.59 Å². The van der Waals surface area contributed by atoms with Crippen LogP contribution in [0, 0.1) is 12.8 Å². The van der Waals surface area contributed by atoms with E-state index >= 15 is 0 Å². The number of amides is 2. The van der Waals surface area contributed by atoms with Crippen LogP contribution in [-0.2, 0) is 16.0 Å². The molecule has 3 aromatic rings. The van der Waals surface area contributed by atoms with Crippen molar-refractivity contribution in [2.75, 3.05) is 18.4 Å². The number of fused-ring (bicyclic) bond motifs is 1. The van der Waals surface area contributed by atoms with Crippen molar-refractivity contribution >= 4 is 39.1 Å². The van der Waals surface area contributed by atoms with Crippen LogP contribution in [-0.4, -0.2) is 34.8 Å². The minimum Gasteiger partial charge on any atom is -0.342 e. The van der Waals surface area contributed by atoms with Crippen molar-refractivity contribution in [2.45, 2.75) is 19.8 Å². The summed E-state index contributed by atoms with van der Waals surface area (Å²) in [5.41, 5.74) is 2.82. The maximum Gasteiger partial charge on any atom is 0.229 e. The molecule has 2 heterocycles. The van der Waals surface area contributed by atoms with Crippen LogP contribution in [0.25, 0.3) is 10.2 Å². The van der Waals surface area contributed by atoms with Crippen molar-refractivity contribution in [3.63, 3.8) is 0 Å². The monoisotopic (exact) mass is 379 g/mol. The van der Waals surface area contributed by atoms with Crippen molar-refractivity contribution in [3.05, 3.63) is 59.1 Å². The lowest BCUT2D eigenvalue weighted by Gasteiger charge is -2.16. The molecule has 6 heteroatoms. The molecule has 1 saturated heterocycles. The lowest BCUT2D eigenvalue weighted by Crippen LogP contribution is -2.30. The number of anilines is 1. The summed E-state index contributed by atoms with van der Waals surface area (Å²) in [5.74, 6) is -0.352. The van der Waals surface area contributed by atoms with Gasteiger partial charge in [-0.2, -0.15) is 0 Å². The Balaban J connectivity index is 1.36. The van der Waals surface area contributed by atoms with Crippen LogP contribution >= 0.6 is 11.3 Å². The number of rotatable bonds is 5. The third kappa shape index (κ3) is 4.01. The first-order chi connectivity index (χ1) is 13.1. The number of hydrogen-bond acceptors (Lipinski definition) is 4. The largest absolute Gasteiger partial charge is 0.342 e. The number of benzene rings is 2. The SMILES string of the molecule is Cc1nc2cc(NC(=O)C3CC(=O)N(CCc4ccccc4)C3)ccc2s1. The summed E-state index contributed by atoms with van der Waals surface area (Å²) in [4.78, 5) is 31.1. The van der Waals surface area contributed by atoms with Crippen molar-refractivity contribution < 1.29 is 9.59 Å². The second-order valence-corrected chi connectivity index (χ2v) is 8.12. The zero-order valence-corrected chi connectivity index (χ0v) is 16.0. The molecule has 0 aliphatic carbocycles. The van der Waals surface area contributed by atoms with Gasteiger partial charge in [-0.05, 0) is 37.1 Å². The molecule has 1 N–H and O–H groups in total. The van der Waals surface area contributed by atoms with Gasteiger partial charge < -0.3 is 10.2 Å². The Labute approximate surface area is 162 Å². The minimum absolute atomic E-state index is 0.0525. The molecule has 5 nitrogen and oxygen atoms in total. The Morgan fingerprint density at radius 3 is 2.89 bits per heavy atom. The zero-order chi connectivity index (χ0) is 18.8. The fraction of sp³-hybridized carbons (Fsp3) is 0.286. The third-order valence-corrected chi connectivity index (χ3v) is 5.81. The van der Waals surface area contributed by atoms with Crippen molar-refractivity contribution in [1.29, 1.82) is 0 Å². The van der Waals surface area contributed by atoms with E-state index in [1.165, 1.54) is 5.56 Å². The maximum atomic E-state index is 12.6. The Morgan fingerprint density at radius 2 is 2.07 bits per heavy atom. The van der Waals surface area contributed by atoms with Gasteiger partial charge in [0.1, 0.15) is 0 Å². The number of nitrogens with zero attached hydrogens (tertiary/aromatic N) is 2. The number of thiazole rings is 1. The third-order valence-electron chi connectivity index (χ3n) is 4.86. The molecular weight excluding hydrogens is 358 g/mol. The lowest BCUT2D eigenvalue weighted by atomic mass is 10.1. The summed E-state index contributed by atoms with van der Waals surface area (Å²) < 4.78 is 1.11. The number of carbonyl (C=O) groups excluding carboxylic acids is 2. The van der Waals surface area contributed by atoms with Crippen molar-refractivity contribution in [2.24, 2.45) is 5.92 Å². The highest BCUT2D eigenvalue weighted by Gasteiger charge is 2.34. The van der Waals surface area contributed by atoms with Crippen LogP contribution < -0.4 is 5.32 Å². The average Bonchev–Trinajstić information content (AvgIpc) is 3.22. The molecule has 27 heavy (non-hydrogen) atoms. The number of aryl methyl sites for hydroxylation is 1. The van der Waals surface area contributed by atoms with Gasteiger partial charge in [-0.1, -0.05) is 30.3 Å². The second-order valence-electron chi connectivity index (χ2n) is 6.88. The minimum atomic E-state index is -0.304. The predicted molar refractivity (Wildman–Crippen MR) is 108 cm³/mol. The fourth-order valence-corrected chi connectivity index (χ4v) is 4.24. The van der Waals surface area contributed by atoms with Gasteiger partial charge in [0.15, 0.2) is 0 Å². The standard InChI is InChI=1S/C21H21N3O2S/c1-14-22-18-12-17(7-8-19(18)27-14)23-21(26)16-11-20(25)24(13-16)10-9-15-5-3-2-4-6-15/h2-8,12,16H,9-11,13H2,1H3,(H,23,26). The van der Waals surface area contributed by atoms with Crippen LogP contribution in [0.3, 0.4) is 0 Å². The van der Waals surface area contributed by atoms with Gasteiger partial charge in [0.05, 0.1) is 21.1 Å². The van der Waals surface area contributed by atoms with Gasteiger partial charge in [0, 0.05) is 25.2 Å². The Hall–Kier alpha value is -2.73. The highest BCUT2D eigenvalue weighted by molar-refractivity contribution is 7.18. The lowest BCUT2D eigenvalue weighted by molar-refractivity contribution is -0.128.